The lowest BCUT2D eigenvalue weighted by molar-refractivity contribution is 0.102. The molecular formula is C16H20FN3. The van der Waals surface area contributed by atoms with Crippen LogP contribution in [-0.4, -0.2) is 37.6 Å². The molecule has 106 valence electrons. The highest BCUT2D eigenvalue weighted by atomic mass is 19.1. The molecule has 2 fully saturated rings. The van der Waals surface area contributed by atoms with Crippen molar-refractivity contribution in [1.82, 2.24) is 4.90 Å². The van der Waals surface area contributed by atoms with Crippen LogP contribution >= 0.6 is 0 Å². The van der Waals surface area contributed by atoms with Crippen LogP contribution in [0.4, 0.5) is 10.1 Å². The van der Waals surface area contributed by atoms with Gasteiger partial charge in [-0.2, -0.15) is 5.26 Å². The van der Waals surface area contributed by atoms with Gasteiger partial charge in [-0.15, -0.1) is 0 Å². The van der Waals surface area contributed by atoms with Crippen LogP contribution in [0.2, 0.25) is 0 Å². The van der Waals surface area contributed by atoms with Gasteiger partial charge >= 0.3 is 0 Å². The zero-order valence-corrected chi connectivity index (χ0v) is 11.8. The molecule has 2 atom stereocenters. The van der Waals surface area contributed by atoms with Crippen LogP contribution in [0.15, 0.2) is 18.2 Å². The van der Waals surface area contributed by atoms with E-state index in [1.54, 1.807) is 6.07 Å². The molecule has 0 saturated carbocycles. The summed E-state index contributed by atoms with van der Waals surface area (Å²) >= 11 is 0. The first-order chi connectivity index (χ1) is 9.69. The molecule has 1 aromatic carbocycles. The minimum atomic E-state index is -0.409. The maximum atomic E-state index is 13.7. The highest BCUT2D eigenvalue weighted by Gasteiger charge is 2.34. The lowest BCUT2D eigenvalue weighted by Crippen LogP contribution is -2.52. The molecule has 2 aliphatic heterocycles. The molecule has 2 saturated heterocycles. The normalized spacial score (nSPS) is 26.9. The molecule has 0 radical (unpaired) electrons. The van der Waals surface area contributed by atoms with E-state index in [-0.39, 0.29) is 5.56 Å². The Hall–Kier alpha value is -1.60. The number of hydrogen-bond acceptors (Lipinski definition) is 3. The van der Waals surface area contributed by atoms with Gasteiger partial charge in [0.05, 0.1) is 5.56 Å². The molecule has 3 nitrogen and oxygen atoms in total. The Morgan fingerprint density at radius 1 is 1.30 bits per heavy atom. The van der Waals surface area contributed by atoms with Crippen molar-refractivity contribution in [3.8, 4) is 6.07 Å². The third kappa shape index (κ3) is 2.38. The van der Waals surface area contributed by atoms with Gasteiger partial charge in [0.1, 0.15) is 11.9 Å². The van der Waals surface area contributed by atoms with E-state index in [0.29, 0.717) is 12.0 Å². The molecule has 2 aliphatic rings. The van der Waals surface area contributed by atoms with Crippen LogP contribution in [0, 0.1) is 23.1 Å². The Labute approximate surface area is 119 Å². The van der Waals surface area contributed by atoms with Crippen molar-refractivity contribution in [2.24, 2.45) is 5.92 Å². The number of fused-ring (bicyclic) bond motifs is 1. The smallest absolute Gasteiger partial charge is 0.143 e. The summed E-state index contributed by atoms with van der Waals surface area (Å²) in [7, 11) is 2.22. The number of likely N-dealkylation sites (tertiary alicyclic amines) is 1. The summed E-state index contributed by atoms with van der Waals surface area (Å²) in [5, 5.41) is 8.79. The Balaban J connectivity index is 1.76. The van der Waals surface area contributed by atoms with Gasteiger partial charge in [-0.05, 0) is 57.0 Å². The number of nitrogens with zero attached hydrogens (tertiary/aromatic N) is 3. The molecular weight excluding hydrogens is 253 g/mol. The molecule has 0 aromatic heterocycles. The fourth-order valence-corrected chi connectivity index (χ4v) is 3.68. The second kappa shape index (κ2) is 5.41. The van der Waals surface area contributed by atoms with Crippen molar-refractivity contribution in [3.05, 3.63) is 29.6 Å². The van der Waals surface area contributed by atoms with Crippen LogP contribution in [0.3, 0.4) is 0 Å². The topological polar surface area (TPSA) is 30.3 Å². The molecule has 20 heavy (non-hydrogen) atoms. The zero-order valence-electron chi connectivity index (χ0n) is 11.8. The number of halogens is 1. The largest absolute Gasteiger partial charge is 0.371 e. The highest BCUT2D eigenvalue weighted by molar-refractivity contribution is 5.51. The predicted octanol–water partition coefficient (Wildman–Crippen LogP) is 2.62. The summed E-state index contributed by atoms with van der Waals surface area (Å²) in [5.74, 6) is 0.272. The SMILES string of the molecule is CN1CCCC2CN(c3ccc(C#N)c(F)c3)CCC21. The van der Waals surface area contributed by atoms with Crippen LogP contribution in [0.5, 0.6) is 0 Å². The van der Waals surface area contributed by atoms with Gasteiger partial charge in [0, 0.05) is 24.8 Å². The quantitative estimate of drug-likeness (QED) is 0.788. The Bertz CT molecular complexity index is 537. The third-order valence-corrected chi connectivity index (χ3v) is 4.78. The lowest BCUT2D eigenvalue weighted by atomic mass is 9.84. The van der Waals surface area contributed by atoms with Crippen molar-refractivity contribution in [3.63, 3.8) is 0 Å². The summed E-state index contributed by atoms with van der Waals surface area (Å²) in [4.78, 5) is 4.75. The molecule has 1 aromatic rings. The lowest BCUT2D eigenvalue weighted by Gasteiger charge is -2.46. The summed E-state index contributed by atoms with van der Waals surface area (Å²) in [6.45, 7) is 3.17. The van der Waals surface area contributed by atoms with Crippen LogP contribution in [0.25, 0.3) is 0 Å². The maximum Gasteiger partial charge on any atom is 0.143 e. The van der Waals surface area contributed by atoms with Gasteiger partial charge in [-0.1, -0.05) is 0 Å². The second-order valence-electron chi connectivity index (χ2n) is 5.96. The number of benzene rings is 1. The van der Waals surface area contributed by atoms with Gasteiger partial charge in [0.25, 0.3) is 0 Å². The monoisotopic (exact) mass is 273 g/mol. The van der Waals surface area contributed by atoms with Crippen molar-refractivity contribution in [2.75, 3.05) is 31.6 Å². The number of hydrogen-bond donors (Lipinski definition) is 0. The van der Waals surface area contributed by atoms with E-state index in [0.717, 1.165) is 25.2 Å². The number of anilines is 1. The number of piperidine rings is 2. The fraction of sp³-hybridized carbons (Fsp3) is 0.562. The van der Waals surface area contributed by atoms with E-state index in [1.165, 1.54) is 25.5 Å². The minimum absolute atomic E-state index is 0.126. The van der Waals surface area contributed by atoms with Gasteiger partial charge in [-0.3, -0.25) is 0 Å². The third-order valence-electron chi connectivity index (χ3n) is 4.78. The van der Waals surface area contributed by atoms with E-state index < -0.39 is 5.82 Å². The Kier molecular flexibility index (Phi) is 3.62. The molecule has 2 heterocycles. The molecule has 2 unspecified atom stereocenters. The van der Waals surface area contributed by atoms with E-state index in [4.69, 9.17) is 5.26 Å². The Morgan fingerprint density at radius 2 is 2.15 bits per heavy atom. The van der Waals surface area contributed by atoms with E-state index >= 15 is 0 Å². The average molecular weight is 273 g/mol. The summed E-state index contributed by atoms with van der Waals surface area (Å²) < 4.78 is 13.7. The number of rotatable bonds is 1. The average Bonchev–Trinajstić information content (AvgIpc) is 2.47. The predicted molar refractivity (Wildman–Crippen MR) is 77.1 cm³/mol. The zero-order chi connectivity index (χ0) is 14.1. The molecule has 0 amide bonds. The summed E-state index contributed by atoms with van der Waals surface area (Å²) in [5.41, 5.74) is 1.04. The summed E-state index contributed by atoms with van der Waals surface area (Å²) in [6, 6.07) is 7.52. The van der Waals surface area contributed by atoms with Crippen molar-refractivity contribution in [2.45, 2.75) is 25.3 Å². The van der Waals surface area contributed by atoms with E-state index in [2.05, 4.69) is 16.8 Å². The highest BCUT2D eigenvalue weighted by Crippen LogP contribution is 2.32. The second-order valence-corrected chi connectivity index (χ2v) is 5.96. The van der Waals surface area contributed by atoms with Gasteiger partial charge in [0.2, 0.25) is 0 Å². The van der Waals surface area contributed by atoms with Crippen molar-refractivity contribution < 1.29 is 4.39 Å². The van der Waals surface area contributed by atoms with Crippen LogP contribution < -0.4 is 4.90 Å². The maximum absolute atomic E-state index is 13.7. The van der Waals surface area contributed by atoms with Crippen LogP contribution in [0.1, 0.15) is 24.8 Å². The molecule has 0 aliphatic carbocycles. The first kappa shape index (κ1) is 13.4. The van der Waals surface area contributed by atoms with Gasteiger partial charge in [0.15, 0.2) is 0 Å². The first-order valence-electron chi connectivity index (χ1n) is 7.34. The van der Waals surface area contributed by atoms with Gasteiger partial charge < -0.3 is 9.80 Å². The van der Waals surface area contributed by atoms with Crippen LogP contribution in [-0.2, 0) is 0 Å². The molecule has 4 heteroatoms. The fourth-order valence-electron chi connectivity index (χ4n) is 3.68. The standard InChI is InChI=1S/C16H20FN3/c1-19-7-2-3-13-11-20(8-6-16(13)19)14-5-4-12(10-18)15(17)9-14/h4-5,9,13,16H,2-3,6-8,11H2,1H3. The van der Waals surface area contributed by atoms with E-state index in [9.17, 15) is 4.39 Å². The molecule has 0 N–H and O–H groups in total. The molecule has 3 rings (SSSR count). The first-order valence-corrected chi connectivity index (χ1v) is 7.34. The number of nitriles is 1. The molecule has 0 spiro atoms. The minimum Gasteiger partial charge on any atom is -0.371 e. The van der Waals surface area contributed by atoms with Crippen molar-refractivity contribution >= 4 is 5.69 Å². The van der Waals surface area contributed by atoms with Crippen molar-refractivity contribution in [1.29, 1.82) is 5.26 Å². The van der Waals surface area contributed by atoms with Gasteiger partial charge in [-0.25, -0.2) is 4.39 Å². The Morgan fingerprint density at radius 3 is 2.90 bits per heavy atom. The summed E-state index contributed by atoms with van der Waals surface area (Å²) in [6.07, 6.45) is 3.67. The van der Waals surface area contributed by atoms with E-state index in [1.807, 2.05) is 12.1 Å². The molecule has 0 bridgehead atoms.